The molecule has 0 spiro atoms. The van der Waals surface area contributed by atoms with Gasteiger partial charge in [-0.05, 0) is 31.9 Å². The van der Waals surface area contributed by atoms with Crippen molar-refractivity contribution in [3.8, 4) is 11.5 Å². The van der Waals surface area contributed by atoms with Crippen LogP contribution in [0.25, 0.3) is 0 Å². The Morgan fingerprint density at radius 1 is 1.43 bits per heavy atom. The van der Waals surface area contributed by atoms with E-state index in [2.05, 4.69) is 15.5 Å². The summed E-state index contributed by atoms with van der Waals surface area (Å²) in [5, 5.41) is 20.1. The first-order chi connectivity index (χ1) is 13.4. The average Bonchev–Trinajstić information content (AvgIpc) is 2.67. The number of halogens is 2. The zero-order valence-corrected chi connectivity index (χ0v) is 15.9. The standard InChI is InChI=1S/C18H20ClFN4O4/c1-9(15-13(25)3-2-11(20)16(15)19)28-14-8-12(23-24-17(14)21)18(26)22-10-4-6-27-7-5-10/h2-3,8-10,25H,4-7H2,1H3,(H2,21,24)(H,22,26). The maximum absolute atomic E-state index is 13.7. The highest BCUT2D eigenvalue weighted by atomic mass is 35.5. The molecule has 1 amide bonds. The van der Waals surface area contributed by atoms with Crippen molar-refractivity contribution in [1.29, 1.82) is 0 Å². The van der Waals surface area contributed by atoms with Crippen LogP contribution >= 0.6 is 11.6 Å². The number of rotatable bonds is 5. The maximum Gasteiger partial charge on any atom is 0.272 e. The third kappa shape index (κ3) is 4.42. The number of benzene rings is 1. The number of aromatic nitrogens is 2. The molecule has 150 valence electrons. The zero-order valence-electron chi connectivity index (χ0n) is 15.1. The van der Waals surface area contributed by atoms with Gasteiger partial charge in [0.15, 0.2) is 17.3 Å². The van der Waals surface area contributed by atoms with Gasteiger partial charge in [0.05, 0.1) is 10.6 Å². The monoisotopic (exact) mass is 410 g/mol. The minimum atomic E-state index is -0.860. The van der Waals surface area contributed by atoms with Crippen molar-refractivity contribution in [3.05, 3.63) is 40.3 Å². The number of nitrogen functional groups attached to an aromatic ring is 1. The minimum absolute atomic E-state index is 0.00746. The lowest BCUT2D eigenvalue weighted by molar-refractivity contribution is 0.0693. The van der Waals surface area contributed by atoms with Crippen molar-refractivity contribution >= 4 is 23.3 Å². The number of anilines is 1. The molecule has 8 nitrogen and oxygen atoms in total. The van der Waals surface area contributed by atoms with Gasteiger partial charge in [0, 0.05) is 25.3 Å². The summed E-state index contributed by atoms with van der Waals surface area (Å²) in [5.74, 6) is -1.32. The topological polar surface area (TPSA) is 120 Å². The lowest BCUT2D eigenvalue weighted by Gasteiger charge is -2.23. The Kier molecular flexibility index (Phi) is 6.15. The van der Waals surface area contributed by atoms with Gasteiger partial charge >= 0.3 is 0 Å². The molecule has 2 heterocycles. The second-order valence-corrected chi connectivity index (χ2v) is 6.77. The van der Waals surface area contributed by atoms with E-state index in [0.717, 1.165) is 6.07 Å². The number of hydrogen-bond donors (Lipinski definition) is 3. The Bertz CT molecular complexity index is 877. The van der Waals surface area contributed by atoms with E-state index in [9.17, 15) is 14.3 Å². The third-order valence-corrected chi connectivity index (χ3v) is 4.78. The molecule has 1 aliphatic rings. The summed E-state index contributed by atoms with van der Waals surface area (Å²) >= 11 is 5.94. The Hall–Kier alpha value is -2.65. The number of nitrogens with two attached hydrogens (primary N) is 1. The van der Waals surface area contributed by atoms with Crippen LogP contribution in [0, 0.1) is 5.82 Å². The van der Waals surface area contributed by atoms with Gasteiger partial charge in [-0.15, -0.1) is 10.2 Å². The summed E-state index contributed by atoms with van der Waals surface area (Å²) in [6.45, 7) is 2.73. The molecule has 0 radical (unpaired) electrons. The third-order valence-electron chi connectivity index (χ3n) is 4.39. The molecule has 2 aromatic rings. The Balaban J connectivity index is 1.78. The molecule has 3 rings (SSSR count). The van der Waals surface area contributed by atoms with Gasteiger partial charge in [-0.2, -0.15) is 0 Å². The molecule has 1 aromatic heterocycles. The van der Waals surface area contributed by atoms with Crippen LogP contribution in [0.3, 0.4) is 0 Å². The molecule has 4 N–H and O–H groups in total. The number of phenols is 1. The van der Waals surface area contributed by atoms with Crippen LogP contribution < -0.4 is 15.8 Å². The van der Waals surface area contributed by atoms with Gasteiger partial charge in [0.1, 0.15) is 17.7 Å². The fraction of sp³-hybridized carbons (Fsp3) is 0.389. The van der Waals surface area contributed by atoms with Crippen molar-refractivity contribution in [3.63, 3.8) is 0 Å². The molecular weight excluding hydrogens is 391 g/mol. The van der Waals surface area contributed by atoms with Crippen LogP contribution in [-0.4, -0.2) is 40.5 Å². The van der Waals surface area contributed by atoms with E-state index in [4.69, 9.17) is 26.8 Å². The van der Waals surface area contributed by atoms with E-state index < -0.39 is 17.8 Å². The van der Waals surface area contributed by atoms with E-state index in [1.54, 1.807) is 6.92 Å². The fourth-order valence-electron chi connectivity index (χ4n) is 2.88. The molecule has 0 saturated carbocycles. The number of nitrogens with zero attached hydrogens (tertiary/aromatic N) is 2. The van der Waals surface area contributed by atoms with Crippen molar-refractivity contribution in [2.24, 2.45) is 0 Å². The second kappa shape index (κ2) is 8.57. The Morgan fingerprint density at radius 2 is 2.14 bits per heavy atom. The Morgan fingerprint density at radius 3 is 2.86 bits per heavy atom. The summed E-state index contributed by atoms with van der Waals surface area (Å²) in [7, 11) is 0. The van der Waals surface area contributed by atoms with Crippen LogP contribution in [0.1, 0.15) is 41.9 Å². The minimum Gasteiger partial charge on any atom is -0.507 e. The van der Waals surface area contributed by atoms with Gasteiger partial charge in [-0.1, -0.05) is 11.6 Å². The maximum atomic E-state index is 13.7. The molecule has 1 fully saturated rings. The SMILES string of the molecule is CC(Oc1cc(C(=O)NC2CCOCC2)nnc1N)c1c(O)ccc(F)c1Cl. The first kappa shape index (κ1) is 20.1. The van der Waals surface area contributed by atoms with Crippen LogP contribution in [0.2, 0.25) is 5.02 Å². The van der Waals surface area contributed by atoms with E-state index in [0.29, 0.717) is 26.1 Å². The lowest BCUT2D eigenvalue weighted by atomic mass is 10.1. The summed E-state index contributed by atoms with van der Waals surface area (Å²) in [5.41, 5.74) is 5.88. The average molecular weight is 411 g/mol. The van der Waals surface area contributed by atoms with E-state index in [1.807, 2.05) is 0 Å². The number of ether oxygens (including phenoxy) is 2. The van der Waals surface area contributed by atoms with E-state index in [1.165, 1.54) is 12.1 Å². The second-order valence-electron chi connectivity index (χ2n) is 6.39. The van der Waals surface area contributed by atoms with Gasteiger partial charge in [-0.3, -0.25) is 4.79 Å². The van der Waals surface area contributed by atoms with Crippen LogP contribution in [-0.2, 0) is 4.74 Å². The molecule has 1 unspecified atom stereocenters. The largest absolute Gasteiger partial charge is 0.507 e. The number of phenolic OH excluding ortho intramolecular Hbond substituents is 1. The quantitative estimate of drug-likeness (QED) is 0.692. The van der Waals surface area contributed by atoms with Crippen molar-refractivity contribution in [2.45, 2.75) is 31.9 Å². The molecule has 0 aliphatic carbocycles. The van der Waals surface area contributed by atoms with Crippen LogP contribution in [0.5, 0.6) is 11.5 Å². The lowest BCUT2D eigenvalue weighted by Crippen LogP contribution is -2.39. The van der Waals surface area contributed by atoms with Crippen molar-refractivity contribution in [2.75, 3.05) is 18.9 Å². The normalized spacial score (nSPS) is 15.8. The van der Waals surface area contributed by atoms with Gasteiger partial charge < -0.3 is 25.6 Å². The summed E-state index contributed by atoms with van der Waals surface area (Å²) < 4.78 is 24.7. The number of amides is 1. The Labute approximate surface area is 165 Å². The van der Waals surface area contributed by atoms with E-state index >= 15 is 0 Å². The highest BCUT2D eigenvalue weighted by Gasteiger charge is 2.23. The predicted octanol–water partition coefficient (Wildman–Crippen LogP) is 2.61. The fourth-order valence-corrected chi connectivity index (χ4v) is 3.20. The molecule has 1 atom stereocenters. The molecule has 10 heteroatoms. The van der Waals surface area contributed by atoms with Crippen LogP contribution in [0.4, 0.5) is 10.2 Å². The van der Waals surface area contributed by atoms with Crippen molar-refractivity contribution < 1.29 is 23.8 Å². The van der Waals surface area contributed by atoms with Crippen LogP contribution in [0.15, 0.2) is 18.2 Å². The molecule has 1 aliphatic heterocycles. The number of aromatic hydroxyl groups is 1. The van der Waals surface area contributed by atoms with Crippen molar-refractivity contribution in [1.82, 2.24) is 15.5 Å². The molecule has 28 heavy (non-hydrogen) atoms. The molecule has 1 aromatic carbocycles. The zero-order chi connectivity index (χ0) is 20.3. The summed E-state index contributed by atoms with van der Waals surface area (Å²) in [6, 6.07) is 3.57. The van der Waals surface area contributed by atoms with Gasteiger partial charge in [0.25, 0.3) is 5.91 Å². The molecule has 0 bridgehead atoms. The number of carbonyl (C=O) groups is 1. The smallest absolute Gasteiger partial charge is 0.272 e. The van der Waals surface area contributed by atoms with Gasteiger partial charge in [0.2, 0.25) is 0 Å². The van der Waals surface area contributed by atoms with E-state index in [-0.39, 0.29) is 39.6 Å². The summed E-state index contributed by atoms with van der Waals surface area (Å²) in [4.78, 5) is 12.4. The molecular formula is C18H20ClFN4O4. The summed E-state index contributed by atoms with van der Waals surface area (Å²) in [6.07, 6.45) is 0.568. The van der Waals surface area contributed by atoms with Gasteiger partial charge in [-0.25, -0.2) is 4.39 Å². The molecule has 1 saturated heterocycles. The first-order valence-electron chi connectivity index (χ1n) is 8.72. The predicted molar refractivity (Wildman–Crippen MR) is 99.9 cm³/mol. The first-order valence-corrected chi connectivity index (χ1v) is 9.10. The number of hydrogen-bond acceptors (Lipinski definition) is 7. The number of nitrogens with one attached hydrogen (secondary N) is 1. The number of carbonyl (C=O) groups excluding carboxylic acids is 1. The highest BCUT2D eigenvalue weighted by molar-refractivity contribution is 6.31. The highest BCUT2D eigenvalue weighted by Crippen LogP contribution is 2.36.